The van der Waals surface area contributed by atoms with Crippen LogP contribution < -0.4 is 4.90 Å². The highest BCUT2D eigenvalue weighted by molar-refractivity contribution is 9.10. The molecule has 2 aliphatic rings. The van der Waals surface area contributed by atoms with Gasteiger partial charge in [0.1, 0.15) is 0 Å². The SMILES string of the molecule is Brc1cnc(N2CCC23CCC3)nc1. The van der Waals surface area contributed by atoms with Gasteiger partial charge in [-0.25, -0.2) is 9.97 Å². The Balaban J connectivity index is 1.85. The lowest BCUT2D eigenvalue weighted by Crippen LogP contribution is -2.64. The Morgan fingerprint density at radius 2 is 1.93 bits per heavy atom. The summed E-state index contributed by atoms with van der Waals surface area (Å²) in [5, 5.41) is 0. The summed E-state index contributed by atoms with van der Waals surface area (Å²) in [5.41, 5.74) is 0.452. The van der Waals surface area contributed by atoms with Crippen molar-refractivity contribution >= 4 is 21.9 Å². The first kappa shape index (κ1) is 8.65. The van der Waals surface area contributed by atoms with E-state index in [9.17, 15) is 0 Å². The van der Waals surface area contributed by atoms with Crippen LogP contribution in [0.4, 0.5) is 5.95 Å². The molecule has 1 spiro atoms. The first-order valence-corrected chi connectivity index (χ1v) is 5.85. The van der Waals surface area contributed by atoms with E-state index in [2.05, 4.69) is 30.8 Å². The maximum absolute atomic E-state index is 4.35. The molecule has 1 saturated heterocycles. The van der Waals surface area contributed by atoms with Crippen LogP contribution in [0.15, 0.2) is 16.9 Å². The summed E-state index contributed by atoms with van der Waals surface area (Å²) in [6.07, 6.45) is 9.00. The van der Waals surface area contributed by atoms with Crippen molar-refractivity contribution in [2.24, 2.45) is 0 Å². The average molecular weight is 254 g/mol. The molecule has 1 saturated carbocycles. The van der Waals surface area contributed by atoms with Gasteiger partial charge >= 0.3 is 0 Å². The van der Waals surface area contributed by atoms with Gasteiger partial charge in [0.2, 0.25) is 5.95 Å². The Hall–Kier alpha value is -0.640. The molecule has 1 aromatic rings. The maximum Gasteiger partial charge on any atom is 0.225 e. The molecule has 3 nitrogen and oxygen atoms in total. The van der Waals surface area contributed by atoms with Gasteiger partial charge in [0, 0.05) is 24.5 Å². The first-order chi connectivity index (χ1) is 6.80. The van der Waals surface area contributed by atoms with Crippen LogP contribution >= 0.6 is 15.9 Å². The van der Waals surface area contributed by atoms with Crippen molar-refractivity contribution in [1.29, 1.82) is 0 Å². The van der Waals surface area contributed by atoms with Crippen LogP contribution in [0.3, 0.4) is 0 Å². The third kappa shape index (κ3) is 1.10. The zero-order valence-corrected chi connectivity index (χ0v) is 9.50. The van der Waals surface area contributed by atoms with Gasteiger partial charge in [0.15, 0.2) is 0 Å². The summed E-state index contributed by atoms with van der Waals surface area (Å²) in [7, 11) is 0. The Morgan fingerprint density at radius 1 is 1.21 bits per heavy atom. The van der Waals surface area contributed by atoms with E-state index >= 15 is 0 Å². The normalized spacial score (nSPS) is 23.1. The van der Waals surface area contributed by atoms with Crippen molar-refractivity contribution in [2.45, 2.75) is 31.2 Å². The summed E-state index contributed by atoms with van der Waals surface area (Å²) in [6.45, 7) is 1.13. The molecule has 74 valence electrons. The van der Waals surface area contributed by atoms with E-state index in [1.807, 2.05) is 12.4 Å². The summed E-state index contributed by atoms with van der Waals surface area (Å²) in [5.74, 6) is 0.902. The minimum atomic E-state index is 0.452. The quantitative estimate of drug-likeness (QED) is 0.770. The molecule has 1 aliphatic heterocycles. The number of aromatic nitrogens is 2. The lowest BCUT2D eigenvalue weighted by Gasteiger charge is -2.58. The standard InChI is InChI=1S/C10H12BrN3/c11-8-6-12-9(13-7-8)14-5-4-10(14)2-1-3-10/h6-7H,1-5H2. The highest BCUT2D eigenvalue weighted by Gasteiger charge is 2.50. The van der Waals surface area contributed by atoms with Crippen molar-refractivity contribution in [3.8, 4) is 0 Å². The van der Waals surface area contributed by atoms with Crippen LogP contribution in [0.25, 0.3) is 0 Å². The van der Waals surface area contributed by atoms with Crippen LogP contribution in [0.2, 0.25) is 0 Å². The van der Waals surface area contributed by atoms with Gasteiger partial charge in [0.25, 0.3) is 0 Å². The summed E-state index contributed by atoms with van der Waals surface area (Å²) in [6, 6.07) is 0. The number of hydrogen-bond acceptors (Lipinski definition) is 3. The second-order valence-electron chi connectivity index (χ2n) is 4.18. The largest absolute Gasteiger partial charge is 0.335 e. The van der Waals surface area contributed by atoms with Gasteiger partial charge in [-0.2, -0.15) is 0 Å². The number of hydrogen-bond donors (Lipinski definition) is 0. The lowest BCUT2D eigenvalue weighted by atomic mass is 9.68. The van der Waals surface area contributed by atoms with Crippen LogP contribution in [0, 0.1) is 0 Å². The molecule has 0 amide bonds. The van der Waals surface area contributed by atoms with Crippen molar-refractivity contribution in [1.82, 2.24) is 9.97 Å². The zero-order chi connectivity index (χ0) is 9.60. The molecule has 2 fully saturated rings. The van der Waals surface area contributed by atoms with Gasteiger partial charge in [-0.05, 0) is 41.6 Å². The molecule has 14 heavy (non-hydrogen) atoms. The van der Waals surface area contributed by atoms with Crippen molar-refractivity contribution in [2.75, 3.05) is 11.4 Å². The number of rotatable bonds is 1. The van der Waals surface area contributed by atoms with E-state index < -0.39 is 0 Å². The zero-order valence-electron chi connectivity index (χ0n) is 7.91. The molecule has 2 heterocycles. The fourth-order valence-corrected chi connectivity index (χ4v) is 2.61. The van der Waals surface area contributed by atoms with E-state index in [4.69, 9.17) is 0 Å². The molecule has 4 heteroatoms. The van der Waals surface area contributed by atoms with Gasteiger partial charge in [-0.15, -0.1) is 0 Å². The molecule has 0 bridgehead atoms. The first-order valence-electron chi connectivity index (χ1n) is 5.05. The highest BCUT2D eigenvalue weighted by Crippen LogP contribution is 2.48. The lowest BCUT2D eigenvalue weighted by molar-refractivity contribution is 0.148. The molecule has 1 aromatic heterocycles. The molecular formula is C10H12BrN3. The second kappa shape index (κ2) is 2.92. The van der Waals surface area contributed by atoms with Crippen LogP contribution in [-0.4, -0.2) is 22.1 Å². The molecule has 0 unspecified atom stereocenters. The molecule has 3 rings (SSSR count). The summed E-state index contributed by atoms with van der Waals surface area (Å²) in [4.78, 5) is 11.1. The van der Waals surface area contributed by atoms with Gasteiger partial charge in [0.05, 0.1) is 4.47 Å². The van der Waals surface area contributed by atoms with Gasteiger partial charge < -0.3 is 4.90 Å². The third-order valence-electron chi connectivity index (χ3n) is 3.51. The predicted octanol–water partition coefficient (Wildman–Crippen LogP) is 2.37. The van der Waals surface area contributed by atoms with Crippen molar-refractivity contribution in [3.05, 3.63) is 16.9 Å². The third-order valence-corrected chi connectivity index (χ3v) is 3.92. The molecular weight excluding hydrogens is 242 g/mol. The van der Waals surface area contributed by atoms with Crippen LogP contribution in [0.1, 0.15) is 25.7 Å². The minimum Gasteiger partial charge on any atom is -0.335 e. The minimum absolute atomic E-state index is 0.452. The number of anilines is 1. The van der Waals surface area contributed by atoms with E-state index in [1.54, 1.807) is 0 Å². The number of nitrogens with zero attached hydrogens (tertiary/aromatic N) is 3. The van der Waals surface area contributed by atoms with E-state index in [1.165, 1.54) is 25.7 Å². The Bertz CT molecular complexity index is 339. The average Bonchev–Trinajstić information content (AvgIpc) is 2.04. The van der Waals surface area contributed by atoms with Gasteiger partial charge in [-0.3, -0.25) is 0 Å². The maximum atomic E-state index is 4.35. The molecule has 0 aromatic carbocycles. The smallest absolute Gasteiger partial charge is 0.225 e. The molecule has 0 N–H and O–H groups in total. The molecule has 0 radical (unpaired) electrons. The Morgan fingerprint density at radius 3 is 2.36 bits per heavy atom. The van der Waals surface area contributed by atoms with E-state index in [0.717, 1.165) is 17.0 Å². The van der Waals surface area contributed by atoms with E-state index in [-0.39, 0.29) is 0 Å². The summed E-state index contributed by atoms with van der Waals surface area (Å²) < 4.78 is 0.949. The topological polar surface area (TPSA) is 29.0 Å². The Kier molecular flexibility index (Phi) is 1.81. The van der Waals surface area contributed by atoms with E-state index in [0.29, 0.717) is 5.54 Å². The summed E-state index contributed by atoms with van der Waals surface area (Å²) >= 11 is 3.35. The predicted molar refractivity (Wildman–Crippen MR) is 58.3 cm³/mol. The fraction of sp³-hybridized carbons (Fsp3) is 0.600. The van der Waals surface area contributed by atoms with Crippen molar-refractivity contribution < 1.29 is 0 Å². The van der Waals surface area contributed by atoms with Crippen LogP contribution in [0.5, 0.6) is 0 Å². The van der Waals surface area contributed by atoms with Crippen LogP contribution in [-0.2, 0) is 0 Å². The Labute approximate surface area is 91.7 Å². The number of halogens is 1. The van der Waals surface area contributed by atoms with Crippen molar-refractivity contribution in [3.63, 3.8) is 0 Å². The fourth-order valence-electron chi connectivity index (χ4n) is 2.40. The highest BCUT2D eigenvalue weighted by atomic mass is 79.9. The molecule has 1 aliphatic carbocycles. The second-order valence-corrected chi connectivity index (χ2v) is 5.10. The van der Waals surface area contributed by atoms with Gasteiger partial charge in [-0.1, -0.05) is 0 Å². The monoisotopic (exact) mass is 253 g/mol. The molecule has 0 atom stereocenters.